The van der Waals surface area contributed by atoms with Crippen LogP contribution in [0, 0.1) is 5.82 Å². The first-order valence-electron chi connectivity index (χ1n) is 8.43. The lowest BCUT2D eigenvalue weighted by atomic mass is 10.3. The highest BCUT2D eigenvalue weighted by Gasteiger charge is 2.24. The molecule has 2 heterocycles. The van der Waals surface area contributed by atoms with Crippen LogP contribution >= 0.6 is 11.3 Å². The van der Waals surface area contributed by atoms with E-state index in [4.69, 9.17) is 0 Å². The Morgan fingerprint density at radius 3 is 2.65 bits per heavy atom. The second-order valence-electron chi connectivity index (χ2n) is 6.62. The zero-order valence-corrected chi connectivity index (χ0v) is 16.1. The molecule has 0 bridgehead atoms. The monoisotopic (exact) mass is 375 g/mol. The van der Waals surface area contributed by atoms with Gasteiger partial charge in [-0.15, -0.1) is 0 Å². The molecule has 0 spiro atoms. The minimum atomic E-state index is -0.380. The Kier molecular flexibility index (Phi) is 5.33. The SMILES string of the molecule is CC(C)n1ccc(C(=O)N(CCN(C)C)c2nc3c(F)cccc3s2)n1. The lowest BCUT2D eigenvalue weighted by Gasteiger charge is -2.21. The van der Waals surface area contributed by atoms with Crippen LogP contribution in [0.5, 0.6) is 0 Å². The number of aromatic nitrogens is 3. The zero-order chi connectivity index (χ0) is 18.8. The van der Waals surface area contributed by atoms with Gasteiger partial charge in [-0.2, -0.15) is 5.10 Å². The van der Waals surface area contributed by atoms with Crippen molar-refractivity contribution in [3.05, 3.63) is 42.0 Å². The Morgan fingerprint density at radius 1 is 1.27 bits per heavy atom. The number of benzene rings is 1. The van der Waals surface area contributed by atoms with Crippen LogP contribution < -0.4 is 4.90 Å². The van der Waals surface area contributed by atoms with Crippen molar-refractivity contribution in [1.29, 1.82) is 0 Å². The van der Waals surface area contributed by atoms with E-state index in [1.165, 1.54) is 17.4 Å². The normalized spacial score (nSPS) is 11.7. The number of anilines is 1. The molecule has 1 amide bonds. The van der Waals surface area contributed by atoms with Gasteiger partial charge >= 0.3 is 0 Å². The fourth-order valence-corrected chi connectivity index (χ4v) is 3.49. The van der Waals surface area contributed by atoms with Crippen molar-refractivity contribution in [2.75, 3.05) is 32.1 Å². The van der Waals surface area contributed by atoms with Crippen LogP contribution in [0.4, 0.5) is 9.52 Å². The molecule has 3 rings (SSSR count). The summed E-state index contributed by atoms with van der Waals surface area (Å²) in [5.41, 5.74) is 0.653. The van der Waals surface area contributed by atoms with E-state index in [9.17, 15) is 9.18 Å². The summed E-state index contributed by atoms with van der Waals surface area (Å²) in [6.45, 7) is 5.11. The van der Waals surface area contributed by atoms with Crippen LogP contribution in [0.2, 0.25) is 0 Å². The molecular weight excluding hydrogens is 353 g/mol. The van der Waals surface area contributed by atoms with Gasteiger partial charge in [0.15, 0.2) is 10.8 Å². The van der Waals surface area contributed by atoms with Crippen LogP contribution in [0.15, 0.2) is 30.5 Å². The van der Waals surface area contributed by atoms with E-state index in [0.29, 0.717) is 29.4 Å². The third-order valence-corrected chi connectivity index (χ3v) is 5.01. The molecule has 1 aromatic carbocycles. The lowest BCUT2D eigenvalue weighted by Crippen LogP contribution is -2.37. The van der Waals surface area contributed by atoms with Crippen molar-refractivity contribution < 1.29 is 9.18 Å². The van der Waals surface area contributed by atoms with Crippen molar-refractivity contribution >= 4 is 32.6 Å². The van der Waals surface area contributed by atoms with E-state index >= 15 is 0 Å². The third kappa shape index (κ3) is 3.76. The number of likely N-dealkylation sites (N-methyl/N-ethyl adjacent to an activating group) is 1. The number of amides is 1. The van der Waals surface area contributed by atoms with Crippen LogP contribution in [0.3, 0.4) is 0 Å². The van der Waals surface area contributed by atoms with E-state index < -0.39 is 0 Å². The fourth-order valence-electron chi connectivity index (χ4n) is 2.48. The molecule has 0 radical (unpaired) electrons. The summed E-state index contributed by atoms with van der Waals surface area (Å²) in [4.78, 5) is 21.0. The number of nitrogens with zero attached hydrogens (tertiary/aromatic N) is 5. The highest BCUT2D eigenvalue weighted by molar-refractivity contribution is 7.22. The zero-order valence-electron chi connectivity index (χ0n) is 15.3. The van der Waals surface area contributed by atoms with Gasteiger partial charge in [-0.25, -0.2) is 9.37 Å². The van der Waals surface area contributed by atoms with E-state index in [-0.39, 0.29) is 17.8 Å². The van der Waals surface area contributed by atoms with Gasteiger partial charge < -0.3 is 4.90 Å². The van der Waals surface area contributed by atoms with Crippen LogP contribution in [0.1, 0.15) is 30.4 Å². The minimum absolute atomic E-state index is 0.170. The number of thiazole rings is 1. The van der Waals surface area contributed by atoms with E-state index in [1.54, 1.807) is 27.9 Å². The van der Waals surface area contributed by atoms with Gasteiger partial charge in [0.2, 0.25) is 0 Å². The number of para-hydroxylation sites is 1. The van der Waals surface area contributed by atoms with Crippen molar-refractivity contribution in [3.8, 4) is 0 Å². The standard InChI is InChI=1S/C18H22FN5OS/c1-12(2)24-9-8-14(21-24)17(25)23(11-10-22(3)4)18-20-16-13(19)6-5-7-15(16)26-18/h5-9,12H,10-11H2,1-4H3. The Bertz CT molecular complexity index is 917. The molecule has 0 atom stereocenters. The number of carbonyl (C=O) groups excluding carboxylic acids is 1. The second-order valence-corrected chi connectivity index (χ2v) is 7.63. The van der Waals surface area contributed by atoms with E-state index in [1.807, 2.05) is 38.9 Å². The van der Waals surface area contributed by atoms with Crippen molar-refractivity contribution in [3.63, 3.8) is 0 Å². The van der Waals surface area contributed by atoms with Gasteiger partial charge in [0.05, 0.1) is 4.70 Å². The summed E-state index contributed by atoms with van der Waals surface area (Å²) < 4.78 is 16.5. The predicted octanol–water partition coefficient (Wildman–Crippen LogP) is 3.42. The van der Waals surface area contributed by atoms with Crippen LogP contribution in [-0.2, 0) is 0 Å². The highest BCUT2D eigenvalue weighted by Crippen LogP contribution is 2.31. The average molecular weight is 375 g/mol. The topological polar surface area (TPSA) is 54.3 Å². The van der Waals surface area contributed by atoms with Crippen molar-refractivity contribution in [2.24, 2.45) is 0 Å². The number of hydrogen-bond donors (Lipinski definition) is 0. The van der Waals surface area contributed by atoms with Crippen LogP contribution in [-0.4, -0.2) is 52.8 Å². The Labute approximate surface area is 155 Å². The fraction of sp³-hybridized carbons (Fsp3) is 0.389. The van der Waals surface area contributed by atoms with Crippen LogP contribution in [0.25, 0.3) is 10.2 Å². The molecule has 0 unspecified atom stereocenters. The summed E-state index contributed by atoms with van der Waals surface area (Å²) >= 11 is 1.31. The molecule has 0 aliphatic heterocycles. The molecule has 0 saturated heterocycles. The summed E-state index contributed by atoms with van der Waals surface area (Å²) in [5, 5.41) is 4.85. The molecule has 2 aromatic heterocycles. The largest absolute Gasteiger partial charge is 0.308 e. The maximum atomic E-state index is 14.0. The molecule has 138 valence electrons. The quantitative estimate of drug-likeness (QED) is 0.662. The number of halogens is 1. The van der Waals surface area contributed by atoms with Gasteiger partial charge in [0.25, 0.3) is 5.91 Å². The maximum Gasteiger partial charge on any atom is 0.280 e. The number of hydrogen-bond acceptors (Lipinski definition) is 5. The Morgan fingerprint density at radius 2 is 2.04 bits per heavy atom. The molecule has 0 aliphatic rings. The molecule has 3 aromatic rings. The van der Waals surface area contributed by atoms with E-state index in [0.717, 1.165) is 4.70 Å². The summed E-state index contributed by atoms with van der Waals surface area (Å²) in [5.74, 6) is -0.611. The molecule has 0 fully saturated rings. The summed E-state index contributed by atoms with van der Waals surface area (Å²) in [6, 6.07) is 6.71. The molecular formula is C18H22FN5OS. The smallest absolute Gasteiger partial charge is 0.280 e. The van der Waals surface area contributed by atoms with Crippen molar-refractivity contribution in [2.45, 2.75) is 19.9 Å². The van der Waals surface area contributed by atoms with Gasteiger partial charge in [-0.3, -0.25) is 14.4 Å². The first-order chi connectivity index (χ1) is 12.4. The van der Waals surface area contributed by atoms with Crippen molar-refractivity contribution in [1.82, 2.24) is 19.7 Å². The predicted molar refractivity (Wildman–Crippen MR) is 102 cm³/mol. The number of carbonyl (C=O) groups is 1. The van der Waals surface area contributed by atoms with Gasteiger partial charge in [0.1, 0.15) is 11.3 Å². The molecule has 0 saturated carbocycles. The highest BCUT2D eigenvalue weighted by atomic mass is 32.1. The average Bonchev–Trinajstić information content (AvgIpc) is 3.22. The number of fused-ring (bicyclic) bond motifs is 1. The van der Waals surface area contributed by atoms with Gasteiger partial charge in [-0.05, 0) is 46.1 Å². The summed E-state index contributed by atoms with van der Waals surface area (Å²) in [6.07, 6.45) is 1.79. The van der Waals surface area contributed by atoms with Gasteiger partial charge in [-0.1, -0.05) is 17.4 Å². The Hall–Kier alpha value is -2.32. The Balaban J connectivity index is 1.97. The summed E-state index contributed by atoms with van der Waals surface area (Å²) in [7, 11) is 3.88. The maximum absolute atomic E-state index is 14.0. The minimum Gasteiger partial charge on any atom is -0.308 e. The molecule has 0 aliphatic carbocycles. The second kappa shape index (κ2) is 7.51. The van der Waals surface area contributed by atoms with E-state index in [2.05, 4.69) is 10.1 Å². The lowest BCUT2D eigenvalue weighted by molar-refractivity contribution is 0.0979. The third-order valence-electron chi connectivity index (χ3n) is 3.96. The van der Waals surface area contributed by atoms with Gasteiger partial charge in [0, 0.05) is 25.3 Å². The molecule has 6 nitrogen and oxygen atoms in total. The first-order valence-corrected chi connectivity index (χ1v) is 9.25. The molecule has 26 heavy (non-hydrogen) atoms. The number of rotatable bonds is 6. The first kappa shape index (κ1) is 18.5. The molecule has 0 N–H and O–H groups in total. The molecule has 8 heteroatoms.